The van der Waals surface area contributed by atoms with E-state index < -0.39 is 0 Å². The van der Waals surface area contributed by atoms with Crippen molar-refractivity contribution < 1.29 is 9.90 Å². The van der Waals surface area contributed by atoms with Gasteiger partial charge in [-0.2, -0.15) is 4.98 Å². The molecule has 4 N–H and O–H groups in total. The summed E-state index contributed by atoms with van der Waals surface area (Å²) in [5, 5.41) is 18.5. The Morgan fingerprint density at radius 1 is 1.31 bits per heavy atom. The van der Waals surface area contributed by atoms with Gasteiger partial charge in [0.05, 0.1) is 12.6 Å². The van der Waals surface area contributed by atoms with E-state index in [1.165, 1.54) is 0 Å². The van der Waals surface area contributed by atoms with Crippen molar-refractivity contribution >= 4 is 29.2 Å². The van der Waals surface area contributed by atoms with Crippen LogP contribution >= 0.6 is 0 Å². The average Bonchev–Trinajstić information content (AvgIpc) is 2.58. The summed E-state index contributed by atoms with van der Waals surface area (Å²) >= 11 is 0. The number of urea groups is 1. The number of carbonyl (C=O) groups excluding carboxylic acids is 1. The highest BCUT2D eigenvalue weighted by Gasteiger charge is 2.19. The van der Waals surface area contributed by atoms with Crippen LogP contribution in [0.4, 0.5) is 27.9 Å². The van der Waals surface area contributed by atoms with E-state index in [0.717, 1.165) is 31.6 Å². The number of aromatic nitrogens is 2. The Labute approximate surface area is 152 Å². The molecule has 0 bridgehead atoms. The summed E-state index contributed by atoms with van der Waals surface area (Å²) < 4.78 is 0. The molecular weight excluding hydrogens is 332 g/mol. The number of hydrogen-bond donors (Lipinski definition) is 4. The van der Waals surface area contributed by atoms with Crippen LogP contribution in [0.3, 0.4) is 0 Å². The molecule has 2 aromatic rings. The van der Waals surface area contributed by atoms with E-state index >= 15 is 0 Å². The van der Waals surface area contributed by atoms with Crippen LogP contribution in [0.5, 0.6) is 0 Å². The number of hydrogen-bond acceptors (Lipinski definition) is 6. The highest BCUT2D eigenvalue weighted by atomic mass is 16.3. The van der Waals surface area contributed by atoms with Crippen molar-refractivity contribution in [1.82, 2.24) is 14.9 Å². The third kappa shape index (κ3) is 4.60. The highest BCUT2D eigenvalue weighted by molar-refractivity contribution is 5.90. The summed E-state index contributed by atoms with van der Waals surface area (Å²) in [4.78, 5) is 22.4. The Balaban J connectivity index is 1.65. The van der Waals surface area contributed by atoms with E-state index in [4.69, 9.17) is 0 Å². The summed E-state index contributed by atoms with van der Waals surface area (Å²) in [6.45, 7) is 3.66. The molecule has 1 aromatic carbocycles. The van der Waals surface area contributed by atoms with Gasteiger partial charge in [-0.1, -0.05) is 13.0 Å². The molecule has 0 saturated carbocycles. The van der Waals surface area contributed by atoms with Crippen LogP contribution in [0.15, 0.2) is 36.5 Å². The largest absolute Gasteiger partial charge is 0.394 e. The Bertz CT molecular complexity index is 746. The normalized spacial score (nSPS) is 14.3. The fourth-order valence-electron chi connectivity index (χ4n) is 2.51. The third-order valence-electron chi connectivity index (χ3n) is 4.23. The number of likely N-dealkylation sites (tertiary alicyclic amines) is 1. The molecule has 1 aromatic heterocycles. The van der Waals surface area contributed by atoms with E-state index in [-0.39, 0.29) is 18.7 Å². The number of carbonyl (C=O) groups is 1. The first-order valence-corrected chi connectivity index (χ1v) is 8.81. The molecule has 8 nitrogen and oxygen atoms in total. The van der Waals surface area contributed by atoms with Gasteiger partial charge in [0.25, 0.3) is 0 Å². The first kappa shape index (κ1) is 17.9. The number of nitrogens with one attached hydrogen (secondary N) is 3. The van der Waals surface area contributed by atoms with Gasteiger partial charge < -0.3 is 26.0 Å². The van der Waals surface area contributed by atoms with Gasteiger partial charge >= 0.3 is 6.03 Å². The van der Waals surface area contributed by atoms with Crippen molar-refractivity contribution in [2.45, 2.75) is 25.8 Å². The maximum atomic E-state index is 12.0. The second-order valence-corrected chi connectivity index (χ2v) is 6.17. The van der Waals surface area contributed by atoms with Crippen molar-refractivity contribution in [1.29, 1.82) is 0 Å². The molecule has 2 amide bonds. The lowest BCUT2D eigenvalue weighted by Gasteiger charge is -2.30. The van der Waals surface area contributed by atoms with Crippen molar-refractivity contribution in [3.05, 3.63) is 36.5 Å². The second kappa shape index (κ2) is 8.48. The van der Waals surface area contributed by atoms with Gasteiger partial charge in [-0.25, -0.2) is 9.78 Å². The van der Waals surface area contributed by atoms with Crippen LogP contribution in [0.1, 0.15) is 19.8 Å². The van der Waals surface area contributed by atoms with E-state index in [9.17, 15) is 9.90 Å². The van der Waals surface area contributed by atoms with Crippen LogP contribution in [0, 0.1) is 0 Å². The predicted molar refractivity (Wildman–Crippen MR) is 102 cm³/mol. The summed E-state index contributed by atoms with van der Waals surface area (Å²) in [5.41, 5.74) is 1.49. The lowest BCUT2D eigenvalue weighted by Crippen LogP contribution is -2.44. The molecule has 3 rings (SSSR count). The maximum absolute atomic E-state index is 12.0. The quantitative estimate of drug-likeness (QED) is 0.608. The van der Waals surface area contributed by atoms with Crippen LogP contribution < -0.4 is 16.0 Å². The molecule has 0 spiro atoms. The highest BCUT2D eigenvalue weighted by Crippen LogP contribution is 2.20. The molecule has 1 aliphatic heterocycles. The van der Waals surface area contributed by atoms with Crippen molar-refractivity contribution in [2.75, 3.05) is 35.6 Å². The SMILES string of the molecule is CC[C@@H](CO)Nc1ccnc(Nc2cccc(NC(=O)N3CCC3)c2)n1. The summed E-state index contributed by atoms with van der Waals surface area (Å²) in [6.07, 6.45) is 3.51. The smallest absolute Gasteiger partial charge is 0.321 e. The van der Waals surface area contributed by atoms with Gasteiger partial charge in [0.1, 0.15) is 5.82 Å². The van der Waals surface area contributed by atoms with Gasteiger partial charge in [0.2, 0.25) is 5.95 Å². The van der Waals surface area contributed by atoms with Gasteiger partial charge in [0, 0.05) is 30.7 Å². The number of benzene rings is 1. The molecule has 26 heavy (non-hydrogen) atoms. The van der Waals surface area contributed by atoms with E-state index in [0.29, 0.717) is 17.5 Å². The Morgan fingerprint density at radius 2 is 2.12 bits per heavy atom. The number of rotatable bonds is 7. The van der Waals surface area contributed by atoms with Gasteiger partial charge in [0.15, 0.2) is 0 Å². The van der Waals surface area contributed by atoms with Crippen molar-refractivity contribution in [2.24, 2.45) is 0 Å². The topological polar surface area (TPSA) is 102 Å². The van der Waals surface area contributed by atoms with Crippen LogP contribution in [0.2, 0.25) is 0 Å². The zero-order valence-corrected chi connectivity index (χ0v) is 14.8. The molecule has 0 unspecified atom stereocenters. The number of aliphatic hydroxyl groups is 1. The number of anilines is 4. The molecule has 2 heterocycles. The minimum Gasteiger partial charge on any atom is -0.394 e. The fraction of sp³-hybridized carbons (Fsp3) is 0.389. The molecule has 0 radical (unpaired) electrons. The summed E-state index contributed by atoms with van der Waals surface area (Å²) in [5.74, 6) is 1.08. The molecule has 138 valence electrons. The third-order valence-corrected chi connectivity index (χ3v) is 4.23. The van der Waals surface area contributed by atoms with Gasteiger partial charge in [-0.15, -0.1) is 0 Å². The van der Waals surface area contributed by atoms with Crippen LogP contribution in [-0.2, 0) is 0 Å². The Kier molecular flexibility index (Phi) is 5.85. The van der Waals surface area contributed by atoms with Crippen molar-refractivity contribution in [3.63, 3.8) is 0 Å². The van der Waals surface area contributed by atoms with Gasteiger partial charge in [-0.05, 0) is 37.1 Å². The average molecular weight is 356 g/mol. The molecule has 1 fully saturated rings. The van der Waals surface area contributed by atoms with E-state index in [2.05, 4.69) is 25.9 Å². The van der Waals surface area contributed by atoms with Crippen molar-refractivity contribution in [3.8, 4) is 0 Å². The van der Waals surface area contributed by atoms with Crippen LogP contribution in [0.25, 0.3) is 0 Å². The van der Waals surface area contributed by atoms with E-state index in [1.54, 1.807) is 17.2 Å². The van der Waals surface area contributed by atoms with Crippen LogP contribution in [-0.4, -0.2) is 51.7 Å². The molecule has 1 atom stereocenters. The second-order valence-electron chi connectivity index (χ2n) is 6.17. The number of nitrogens with zero attached hydrogens (tertiary/aromatic N) is 3. The first-order chi connectivity index (χ1) is 12.7. The predicted octanol–water partition coefficient (Wildman–Crippen LogP) is 2.64. The minimum absolute atomic E-state index is 0.0437. The minimum atomic E-state index is -0.0783. The fourth-order valence-corrected chi connectivity index (χ4v) is 2.51. The molecule has 8 heteroatoms. The first-order valence-electron chi connectivity index (χ1n) is 8.81. The summed E-state index contributed by atoms with van der Waals surface area (Å²) in [6, 6.07) is 9.05. The summed E-state index contributed by atoms with van der Waals surface area (Å²) in [7, 11) is 0. The monoisotopic (exact) mass is 356 g/mol. The maximum Gasteiger partial charge on any atom is 0.321 e. The lowest BCUT2D eigenvalue weighted by atomic mass is 10.2. The number of aliphatic hydroxyl groups excluding tert-OH is 1. The number of amides is 2. The Morgan fingerprint density at radius 3 is 2.81 bits per heavy atom. The van der Waals surface area contributed by atoms with Gasteiger partial charge in [-0.3, -0.25) is 0 Å². The molecule has 1 saturated heterocycles. The zero-order chi connectivity index (χ0) is 18.4. The zero-order valence-electron chi connectivity index (χ0n) is 14.8. The van der Waals surface area contributed by atoms with E-state index in [1.807, 2.05) is 31.2 Å². The Hall–Kier alpha value is -2.87. The molecule has 1 aliphatic rings. The lowest BCUT2D eigenvalue weighted by molar-refractivity contribution is 0.181. The molecule has 0 aliphatic carbocycles. The molecular formula is C18H24N6O2. The standard InChI is InChI=1S/C18H24N6O2/c1-2-13(12-25)20-16-7-8-19-17(23-16)21-14-5-3-6-15(11-14)22-18(26)24-9-4-10-24/h3,5-8,11,13,25H,2,4,9-10,12H2,1H3,(H,22,26)(H2,19,20,21,23)/t13-/m0/s1.